The van der Waals surface area contributed by atoms with Crippen LogP contribution in [0, 0.1) is 0 Å². The largest absolute Gasteiger partial charge is 0.467 e. The molecule has 1 atom stereocenters. The van der Waals surface area contributed by atoms with Crippen LogP contribution in [-0.4, -0.2) is 35.3 Å². The Hall–Kier alpha value is -3.87. The van der Waals surface area contributed by atoms with Gasteiger partial charge in [-0.2, -0.15) is 0 Å². The number of carbonyl (C=O) groups excluding carboxylic acids is 3. The van der Waals surface area contributed by atoms with Crippen LogP contribution in [0.4, 0.5) is 4.79 Å². The highest BCUT2D eigenvalue weighted by Gasteiger charge is 2.39. The summed E-state index contributed by atoms with van der Waals surface area (Å²) < 4.78 is 5.20. The van der Waals surface area contributed by atoms with Crippen molar-refractivity contribution in [3.05, 3.63) is 95.9 Å². The summed E-state index contributed by atoms with van der Waals surface area (Å²) in [5.74, 6) is -0.0443. The first-order chi connectivity index (χ1) is 15.6. The molecule has 0 aliphatic carbocycles. The topological polar surface area (TPSA) is 91.7 Å². The van der Waals surface area contributed by atoms with Gasteiger partial charge in [0.2, 0.25) is 5.91 Å². The van der Waals surface area contributed by atoms with Crippen LogP contribution in [0.5, 0.6) is 0 Å². The van der Waals surface area contributed by atoms with Crippen LogP contribution in [0.1, 0.15) is 35.6 Å². The normalized spacial score (nSPS) is 15.8. The summed E-state index contributed by atoms with van der Waals surface area (Å²) in [7, 11) is 0. The number of carbonyl (C=O) groups is 3. The van der Waals surface area contributed by atoms with Gasteiger partial charge in [-0.05, 0) is 29.7 Å². The summed E-state index contributed by atoms with van der Waals surface area (Å²) in [4.78, 5) is 38.2. The maximum Gasteiger partial charge on any atom is 0.325 e. The third-order valence-electron chi connectivity index (χ3n) is 5.55. The average Bonchev–Trinajstić information content (AvgIpc) is 3.42. The summed E-state index contributed by atoms with van der Waals surface area (Å²) in [5, 5.41) is 5.48. The van der Waals surface area contributed by atoms with Gasteiger partial charge in [0.1, 0.15) is 11.8 Å². The molecular formula is C25H25N3O4. The van der Waals surface area contributed by atoms with Gasteiger partial charge >= 0.3 is 6.03 Å². The Kier molecular flexibility index (Phi) is 6.65. The van der Waals surface area contributed by atoms with Crippen LogP contribution >= 0.6 is 0 Å². The van der Waals surface area contributed by atoms with E-state index in [1.807, 2.05) is 36.4 Å². The lowest BCUT2D eigenvalue weighted by Crippen LogP contribution is -2.37. The van der Waals surface area contributed by atoms with E-state index >= 15 is 0 Å². The Bertz CT molecular complexity index is 1010. The second-order valence-electron chi connectivity index (χ2n) is 7.72. The lowest BCUT2D eigenvalue weighted by Gasteiger charge is -2.18. The lowest BCUT2D eigenvalue weighted by atomic mass is 9.88. The van der Waals surface area contributed by atoms with Crippen molar-refractivity contribution < 1.29 is 18.8 Å². The van der Waals surface area contributed by atoms with Gasteiger partial charge in [-0.25, -0.2) is 4.79 Å². The number of nitrogens with zero attached hydrogens (tertiary/aromatic N) is 1. The molecule has 3 aromatic rings. The molecule has 1 saturated heterocycles. The molecule has 1 aromatic heterocycles. The van der Waals surface area contributed by atoms with Gasteiger partial charge in [-0.3, -0.25) is 14.5 Å². The maximum atomic E-state index is 12.6. The number of imide groups is 1. The fourth-order valence-corrected chi connectivity index (χ4v) is 3.93. The van der Waals surface area contributed by atoms with Crippen molar-refractivity contribution in [3.63, 3.8) is 0 Å². The minimum Gasteiger partial charge on any atom is -0.467 e. The van der Waals surface area contributed by atoms with E-state index in [-0.39, 0.29) is 24.8 Å². The van der Waals surface area contributed by atoms with Crippen molar-refractivity contribution in [1.29, 1.82) is 0 Å². The predicted octanol–water partition coefficient (Wildman–Crippen LogP) is 3.43. The number of nitrogens with one attached hydrogen (secondary N) is 2. The van der Waals surface area contributed by atoms with Gasteiger partial charge in [0.15, 0.2) is 0 Å². The Balaban J connectivity index is 1.31. The first kappa shape index (κ1) is 21.4. The standard InChI is InChI=1S/C25H25N3O4/c29-23(16-22-24(30)28(25(31)27-22)17-20-12-7-15-32-20)26-14-13-21(18-8-3-1-4-9-18)19-10-5-2-6-11-19/h1-12,15,21-22H,13-14,16-17H2,(H,26,29)(H,27,31)/t22-/m0/s1. The van der Waals surface area contributed by atoms with E-state index in [2.05, 4.69) is 34.9 Å². The quantitative estimate of drug-likeness (QED) is 0.508. The maximum absolute atomic E-state index is 12.6. The molecule has 0 bridgehead atoms. The van der Waals surface area contributed by atoms with Crippen molar-refractivity contribution >= 4 is 17.8 Å². The highest BCUT2D eigenvalue weighted by Crippen LogP contribution is 2.27. The number of furan rings is 1. The highest BCUT2D eigenvalue weighted by atomic mass is 16.3. The Morgan fingerprint density at radius 2 is 1.62 bits per heavy atom. The second kappa shape index (κ2) is 9.96. The van der Waals surface area contributed by atoms with Crippen LogP contribution in [0.2, 0.25) is 0 Å². The van der Waals surface area contributed by atoms with Crippen molar-refractivity contribution in [2.45, 2.75) is 31.3 Å². The summed E-state index contributed by atoms with van der Waals surface area (Å²) >= 11 is 0. The van der Waals surface area contributed by atoms with Crippen LogP contribution in [0.3, 0.4) is 0 Å². The zero-order chi connectivity index (χ0) is 22.3. The molecule has 0 radical (unpaired) electrons. The van der Waals surface area contributed by atoms with E-state index in [1.54, 1.807) is 12.1 Å². The average molecular weight is 431 g/mol. The van der Waals surface area contributed by atoms with Crippen molar-refractivity contribution in [1.82, 2.24) is 15.5 Å². The fraction of sp³-hybridized carbons (Fsp3) is 0.240. The zero-order valence-electron chi connectivity index (χ0n) is 17.6. The first-order valence-corrected chi connectivity index (χ1v) is 10.6. The first-order valence-electron chi connectivity index (χ1n) is 10.6. The van der Waals surface area contributed by atoms with E-state index in [4.69, 9.17) is 4.42 Å². The molecule has 32 heavy (non-hydrogen) atoms. The molecule has 164 valence electrons. The lowest BCUT2D eigenvalue weighted by molar-refractivity contribution is -0.131. The molecule has 1 fully saturated rings. The number of hydrogen-bond donors (Lipinski definition) is 2. The van der Waals surface area contributed by atoms with Gasteiger partial charge in [-0.15, -0.1) is 0 Å². The number of urea groups is 1. The molecule has 1 aliphatic heterocycles. The van der Waals surface area contributed by atoms with Crippen molar-refractivity contribution in [2.24, 2.45) is 0 Å². The monoisotopic (exact) mass is 431 g/mol. The van der Waals surface area contributed by atoms with E-state index < -0.39 is 18.0 Å². The van der Waals surface area contributed by atoms with E-state index in [9.17, 15) is 14.4 Å². The summed E-state index contributed by atoms with van der Waals surface area (Å²) in [5.41, 5.74) is 2.36. The zero-order valence-corrected chi connectivity index (χ0v) is 17.6. The van der Waals surface area contributed by atoms with Crippen molar-refractivity contribution in [2.75, 3.05) is 6.54 Å². The smallest absolute Gasteiger partial charge is 0.325 e. The number of benzene rings is 2. The Morgan fingerprint density at radius 3 is 2.22 bits per heavy atom. The summed E-state index contributed by atoms with van der Waals surface area (Å²) in [6, 6.07) is 22.3. The molecule has 0 spiro atoms. The molecular weight excluding hydrogens is 406 g/mol. The molecule has 2 aromatic carbocycles. The minimum absolute atomic E-state index is 0.0472. The van der Waals surface area contributed by atoms with Crippen LogP contribution in [0.25, 0.3) is 0 Å². The minimum atomic E-state index is -0.864. The molecule has 2 heterocycles. The van der Waals surface area contributed by atoms with Gasteiger partial charge in [0.25, 0.3) is 5.91 Å². The third-order valence-corrected chi connectivity index (χ3v) is 5.55. The molecule has 0 unspecified atom stereocenters. The van der Waals surface area contributed by atoms with E-state index in [1.165, 1.54) is 17.4 Å². The van der Waals surface area contributed by atoms with Crippen LogP contribution in [0.15, 0.2) is 83.5 Å². The molecule has 2 N–H and O–H groups in total. The molecule has 4 rings (SSSR count). The summed E-state index contributed by atoms with van der Waals surface area (Å²) in [6.45, 7) is 0.504. The molecule has 1 aliphatic rings. The number of amides is 4. The number of hydrogen-bond acceptors (Lipinski definition) is 4. The summed E-state index contributed by atoms with van der Waals surface area (Å²) in [6.07, 6.45) is 2.10. The third kappa shape index (κ3) is 5.06. The van der Waals surface area contributed by atoms with Crippen LogP contribution < -0.4 is 10.6 Å². The molecule has 0 saturated carbocycles. The van der Waals surface area contributed by atoms with E-state index in [0.29, 0.717) is 12.3 Å². The van der Waals surface area contributed by atoms with Crippen molar-refractivity contribution in [3.8, 4) is 0 Å². The molecule has 4 amide bonds. The van der Waals surface area contributed by atoms with Crippen LogP contribution in [-0.2, 0) is 16.1 Å². The van der Waals surface area contributed by atoms with Gasteiger partial charge in [-0.1, -0.05) is 60.7 Å². The van der Waals surface area contributed by atoms with Gasteiger partial charge < -0.3 is 15.1 Å². The molecule has 7 nitrogen and oxygen atoms in total. The second-order valence-corrected chi connectivity index (χ2v) is 7.72. The van der Waals surface area contributed by atoms with E-state index in [0.717, 1.165) is 11.3 Å². The Labute approximate surface area is 186 Å². The molecule has 7 heteroatoms. The Morgan fingerprint density at radius 1 is 0.969 bits per heavy atom. The number of rotatable bonds is 9. The fourth-order valence-electron chi connectivity index (χ4n) is 3.93. The SMILES string of the molecule is O=C(C[C@@H]1NC(=O)N(Cc2ccco2)C1=O)NCCC(c1ccccc1)c1ccccc1. The van der Waals surface area contributed by atoms with Gasteiger partial charge in [0, 0.05) is 12.5 Å². The highest BCUT2D eigenvalue weighted by molar-refractivity contribution is 6.05. The van der Waals surface area contributed by atoms with Gasteiger partial charge in [0.05, 0.1) is 19.2 Å². The predicted molar refractivity (Wildman–Crippen MR) is 119 cm³/mol.